The Bertz CT molecular complexity index is 837. The van der Waals surface area contributed by atoms with Gasteiger partial charge in [0.15, 0.2) is 12.4 Å². The number of rotatable bonds is 6. The monoisotopic (exact) mass is 370 g/mol. The van der Waals surface area contributed by atoms with Crippen LogP contribution in [0.3, 0.4) is 0 Å². The molecule has 0 atom stereocenters. The number of hydrogen-bond donors (Lipinski definition) is 1. The van der Waals surface area contributed by atoms with Crippen molar-refractivity contribution in [3.63, 3.8) is 0 Å². The number of esters is 1. The van der Waals surface area contributed by atoms with E-state index in [1.165, 1.54) is 0 Å². The van der Waals surface area contributed by atoms with E-state index in [0.717, 1.165) is 24.2 Å². The molecule has 27 heavy (non-hydrogen) atoms. The maximum absolute atomic E-state index is 12.1. The lowest BCUT2D eigenvalue weighted by molar-refractivity contribution is -0.144. The smallest absolute Gasteiger partial charge is 0.310 e. The largest absolute Gasteiger partial charge is 0.457 e. The Morgan fingerprint density at radius 1 is 1.22 bits per heavy atom. The van der Waals surface area contributed by atoms with E-state index in [9.17, 15) is 9.59 Å². The summed E-state index contributed by atoms with van der Waals surface area (Å²) in [6.45, 7) is 0.664. The molecule has 142 valence electrons. The Hall–Kier alpha value is -3.23. The summed E-state index contributed by atoms with van der Waals surface area (Å²) in [7, 11) is 3.56. The number of nitrogens with zero attached hydrogens (tertiary/aromatic N) is 5. The fraction of sp³-hybridized carbons (Fsp3) is 0.389. The highest BCUT2D eigenvalue weighted by molar-refractivity contribution is 5.95. The van der Waals surface area contributed by atoms with Gasteiger partial charge in [-0.2, -0.15) is 15.0 Å². The predicted octanol–water partition coefficient (Wildman–Crippen LogP) is 0.932. The van der Waals surface area contributed by atoms with Crippen LogP contribution in [0.1, 0.15) is 24.2 Å². The molecule has 3 rings (SSSR count). The number of benzene rings is 1. The van der Waals surface area contributed by atoms with Gasteiger partial charge in [0, 0.05) is 32.7 Å². The fourth-order valence-electron chi connectivity index (χ4n) is 2.77. The standard InChI is InChI=1S/C18H22N6O3/c1-23(2)18-21-14(20-17(19)22-18)11-27-16(26)10-12-5-7-13(8-6-12)24-9-3-4-15(24)25/h5-8H,3-4,9-11H2,1-2H3,(H2,19,20,21,22). The van der Waals surface area contributed by atoms with Gasteiger partial charge in [-0.1, -0.05) is 12.1 Å². The van der Waals surface area contributed by atoms with Crippen molar-refractivity contribution >= 4 is 29.5 Å². The molecule has 2 heterocycles. The number of nitrogen functional groups attached to an aromatic ring is 1. The summed E-state index contributed by atoms with van der Waals surface area (Å²) in [5.74, 6) is 0.510. The molecule has 1 aliphatic rings. The summed E-state index contributed by atoms with van der Waals surface area (Å²) in [5.41, 5.74) is 7.30. The second-order valence-electron chi connectivity index (χ2n) is 6.46. The molecule has 1 saturated heterocycles. The second kappa shape index (κ2) is 7.98. The molecule has 2 aromatic rings. The Balaban J connectivity index is 1.56. The van der Waals surface area contributed by atoms with Crippen LogP contribution in [0.2, 0.25) is 0 Å². The molecular weight excluding hydrogens is 348 g/mol. The van der Waals surface area contributed by atoms with Crippen molar-refractivity contribution in [1.82, 2.24) is 15.0 Å². The van der Waals surface area contributed by atoms with Gasteiger partial charge in [0.2, 0.25) is 17.8 Å². The molecule has 0 radical (unpaired) electrons. The molecule has 0 unspecified atom stereocenters. The van der Waals surface area contributed by atoms with Crippen molar-refractivity contribution in [2.45, 2.75) is 25.9 Å². The molecular formula is C18H22N6O3. The van der Waals surface area contributed by atoms with Crippen molar-refractivity contribution in [1.29, 1.82) is 0 Å². The summed E-state index contributed by atoms with van der Waals surface area (Å²) in [5, 5.41) is 0. The zero-order valence-electron chi connectivity index (χ0n) is 15.4. The Labute approximate surface area is 157 Å². The van der Waals surface area contributed by atoms with E-state index in [-0.39, 0.29) is 24.9 Å². The van der Waals surface area contributed by atoms with Crippen LogP contribution in [-0.4, -0.2) is 47.5 Å². The molecule has 0 spiro atoms. The minimum atomic E-state index is -0.398. The van der Waals surface area contributed by atoms with Gasteiger partial charge in [-0.05, 0) is 24.1 Å². The summed E-state index contributed by atoms with van der Waals surface area (Å²) in [6, 6.07) is 7.35. The highest BCUT2D eigenvalue weighted by Crippen LogP contribution is 2.21. The van der Waals surface area contributed by atoms with E-state index in [4.69, 9.17) is 10.5 Å². The van der Waals surface area contributed by atoms with Crippen molar-refractivity contribution < 1.29 is 14.3 Å². The number of aromatic nitrogens is 3. The number of carbonyl (C=O) groups excluding carboxylic acids is 2. The molecule has 0 aliphatic carbocycles. The first-order valence-corrected chi connectivity index (χ1v) is 8.65. The first kappa shape index (κ1) is 18.6. The van der Waals surface area contributed by atoms with Crippen LogP contribution in [-0.2, 0) is 27.4 Å². The molecule has 9 nitrogen and oxygen atoms in total. The minimum Gasteiger partial charge on any atom is -0.457 e. The Morgan fingerprint density at radius 3 is 2.59 bits per heavy atom. The molecule has 1 aromatic carbocycles. The van der Waals surface area contributed by atoms with Crippen LogP contribution < -0.4 is 15.5 Å². The van der Waals surface area contributed by atoms with Crippen LogP contribution in [0, 0.1) is 0 Å². The molecule has 1 amide bonds. The van der Waals surface area contributed by atoms with E-state index in [1.54, 1.807) is 23.9 Å². The van der Waals surface area contributed by atoms with Gasteiger partial charge in [0.25, 0.3) is 0 Å². The molecule has 0 bridgehead atoms. The third-order valence-electron chi connectivity index (χ3n) is 4.12. The van der Waals surface area contributed by atoms with Gasteiger partial charge < -0.3 is 20.3 Å². The number of ether oxygens (including phenoxy) is 1. The third kappa shape index (κ3) is 4.69. The summed E-state index contributed by atoms with van der Waals surface area (Å²) >= 11 is 0. The molecule has 9 heteroatoms. The Kier molecular flexibility index (Phi) is 5.49. The van der Waals surface area contributed by atoms with Crippen LogP contribution in [0.4, 0.5) is 17.6 Å². The van der Waals surface area contributed by atoms with Crippen LogP contribution in [0.5, 0.6) is 0 Å². The summed E-state index contributed by atoms with van der Waals surface area (Å²) in [6.07, 6.45) is 1.59. The van der Waals surface area contributed by atoms with Gasteiger partial charge in [-0.15, -0.1) is 0 Å². The molecule has 1 aliphatic heterocycles. The SMILES string of the molecule is CN(C)c1nc(N)nc(COC(=O)Cc2ccc(N3CCCC3=O)cc2)n1. The quantitative estimate of drug-likeness (QED) is 0.747. The zero-order valence-corrected chi connectivity index (χ0v) is 15.4. The summed E-state index contributed by atoms with van der Waals surface area (Å²) in [4.78, 5) is 39.4. The van der Waals surface area contributed by atoms with E-state index < -0.39 is 5.97 Å². The lowest BCUT2D eigenvalue weighted by Gasteiger charge is -2.15. The fourth-order valence-corrected chi connectivity index (χ4v) is 2.77. The van der Waals surface area contributed by atoms with E-state index in [2.05, 4.69) is 15.0 Å². The third-order valence-corrected chi connectivity index (χ3v) is 4.12. The number of hydrogen-bond acceptors (Lipinski definition) is 8. The van der Waals surface area contributed by atoms with E-state index in [0.29, 0.717) is 18.2 Å². The maximum atomic E-state index is 12.1. The maximum Gasteiger partial charge on any atom is 0.310 e. The van der Waals surface area contributed by atoms with E-state index in [1.807, 2.05) is 24.3 Å². The predicted molar refractivity (Wildman–Crippen MR) is 100 cm³/mol. The first-order chi connectivity index (χ1) is 12.9. The molecule has 1 aromatic heterocycles. The van der Waals surface area contributed by atoms with Crippen molar-refractivity contribution in [2.24, 2.45) is 0 Å². The number of amides is 1. The van der Waals surface area contributed by atoms with E-state index >= 15 is 0 Å². The zero-order chi connectivity index (χ0) is 19.4. The van der Waals surface area contributed by atoms with Crippen LogP contribution in [0.15, 0.2) is 24.3 Å². The molecule has 2 N–H and O–H groups in total. The highest BCUT2D eigenvalue weighted by atomic mass is 16.5. The average molecular weight is 370 g/mol. The minimum absolute atomic E-state index is 0.0757. The topological polar surface area (TPSA) is 115 Å². The number of nitrogens with two attached hydrogens (primary N) is 1. The lowest BCUT2D eigenvalue weighted by Crippen LogP contribution is -2.23. The molecule has 0 saturated carbocycles. The number of anilines is 3. The molecule has 1 fully saturated rings. The normalized spacial score (nSPS) is 13.7. The average Bonchev–Trinajstić information content (AvgIpc) is 3.06. The summed E-state index contributed by atoms with van der Waals surface area (Å²) < 4.78 is 5.24. The van der Waals surface area contributed by atoms with Crippen molar-refractivity contribution in [3.8, 4) is 0 Å². The number of carbonyl (C=O) groups is 2. The van der Waals surface area contributed by atoms with Crippen LogP contribution >= 0.6 is 0 Å². The highest BCUT2D eigenvalue weighted by Gasteiger charge is 2.21. The Morgan fingerprint density at radius 2 is 1.96 bits per heavy atom. The van der Waals surface area contributed by atoms with Gasteiger partial charge in [0.1, 0.15) is 0 Å². The van der Waals surface area contributed by atoms with Crippen LogP contribution in [0.25, 0.3) is 0 Å². The van der Waals surface area contributed by atoms with Gasteiger partial charge in [-0.3, -0.25) is 9.59 Å². The van der Waals surface area contributed by atoms with Gasteiger partial charge >= 0.3 is 5.97 Å². The van der Waals surface area contributed by atoms with Gasteiger partial charge in [0.05, 0.1) is 6.42 Å². The lowest BCUT2D eigenvalue weighted by atomic mass is 10.1. The first-order valence-electron chi connectivity index (χ1n) is 8.65. The van der Waals surface area contributed by atoms with Crippen molar-refractivity contribution in [2.75, 3.05) is 36.2 Å². The second-order valence-corrected chi connectivity index (χ2v) is 6.46. The van der Waals surface area contributed by atoms with Crippen molar-refractivity contribution in [3.05, 3.63) is 35.7 Å². The van der Waals surface area contributed by atoms with Gasteiger partial charge in [-0.25, -0.2) is 0 Å².